The average Bonchev–Trinajstić information content (AvgIpc) is 2.94. The predicted octanol–water partition coefficient (Wildman–Crippen LogP) is 6.72. The highest BCUT2D eigenvalue weighted by atomic mass is 32.2. The monoisotopic (exact) mass is 527 g/mol. The first-order valence-electron chi connectivity index (χ1n) is 11.8. The zero-order chi connectivity index (χ0) is 26.9. The van der Waals surface area contributed by atoms with Gasteiger partial charge in [-0.1, -0.05) is 42.5 Å². The lowest BCUT2D eigenvalue weighted by molar-refractivity contribution is -0.384. The molecule has 0 radical (unpaired) electrons. The third kappa shape index (κ3) is 6.77. The summed E-state index contributed by atoms with van der Waals surface area (Å²) in [6.45, 7) is 2.37. The van der Waals surface area contributed by atoms with Crippen LogP contribution in [0.5, 0.6) is 5.75 Å². The van der Waals surface area contributed by atoms with Gasteiger partial charge in [0.05, 0.1) is 17.2 Å². The van der Waals surface area contributed by atoms with Crippen LogP contribution in [-0.4, -0.2) is 23.3 Å². The van der Waals surface area contributed by atoms with E-state index in [4.69, 9.17) is 4.74 Å². The van der Waals surface area contributed by atoms with Crippen LogP contribution in [0.4, 0.5) is 17.1 Å². The molecule has 0 fully saturated rings. The number of nitro benzene ring substituents is 1. The van der Waals surface area contributed by atoms with Crippen LogP contribution in [0, 0.1) is 10.1 Å². The number of hydrogen-bond acceptors (Lipinski definition) is 6. The molecule has 0 aromatic heterocycles. The van der Waals surface area contributed by atoms with Gasteiger partial charge >= 0.3 is 0 Å². The highest BCUT2D eigenvalue weighted by molar-refractivity contribution is 8.00. The first-order chi connectivity index (χ1) is 18.4. The molecule has 0 saturated carbocycles. The minimum atomic E-state index is -0.536. The standard InChI is InChI=1S/C29H25N3O5S/c1-2-37-26-11-7-6-10-25(26)31-29(34)27(20-8-4-3-5-9-20)38-24-18-14-22(15-19-24)30-28(33)21-12-16-23(17-13-21)32(35)36/h3-19,27H,2H2,1H3,(H,30,33)(H,31,34). The molecular formula is C29H25N3O5S. The van der Waals surface area contributed by atoms with E-state index in [1.54, 1.807) is 18.2 Å². The molecule has 0 saturated heterocycles. The van der Waals surface area contributed by atoms with Gasteiger partial charge in [-0.15, -0.1) is 11.8 Å². The summed E-state index contributed by atoms with van der Waals surface area (Å²) < 4.78 is 5.65. The summed E-state index contributed by atoms with van der Waals surface area (Å²) >= 11 is 1.39. The maximum absolute atomic E-state index is 13.4. The van der Waals surface area contributed by atoms with Gasteiger partial charge in [-0.2, -0.15) is 0 Å². The van der Waals surface area contributed by atoms with Crippen molar-refractivity contribution in [2.45, 2.75) is 17.1 Å². The van der Waals surface area contributed by atoms with Crippen molar-refractivity contribution in [3.05, 3.63) is 124 Å². The maximum atomic E-state index is 13.4. The van der Waals surface area contributed by atoms with Gasteiger partial charge in [0.2, 0.25) is 5.91 Å². The van der Waals surface area contributed by atoms with Crippen molar-refractivity contribution in [3.8, 4) is 5.75 Å². The molecule has 2 amide bonds. The van der Waals surface area contributed by atoms with E-state index in [1.807, 2.05) is 67.6 Å². The minimum absolute atomic E-state index is 0.0821. The average molecular weight is 528 g/mol. The molecule has 192 valence electrons. The Bertz CT molecular complexity index is 1410. The van der Waals surface area contributed by atoms with Crippen LogP contribution < -0.4 is 15.4 Å². The molecule has 0 aliphatic heterocycles. The van der Waals surface area contributed by atoms with Crippen molar-refractivity contribution in [1.29, 1.82) is 0 Å². The number of nitrogens with zero attached hydrogens (tertiary/aromatic N) is 1. The lowest BCUT2D eigenvalue weighted by atomic mass is 10.1. The summed E-state index contributed by atoms with van der Waals surface area (Å²) in [6.07, 6.45) is 0. The Hall–Kier alpha value is -4.63. The van der Waals surface area contributed by atoms with Gasteiger partial charge in [-0.05, 0) is 61.0 Å². The van der Waals surface area contributed by atoms with Crippen LogP contribution in [0.2, 0.25) is 0 Å². The molecule has 4 aromatic carbocycles. The fraction of sp³-hybridized carbons (Fsp3) is 0.103. The van der Waals surface area contributed by atoms with Crippen molar-refractivity contribution in [2.24, 2.45) is 0 Å². The van der Waals surface area contributed by atoms with Gasteiger partial charge in [0, 0.05) is 28.3 Å². The zero-order valence-electron chi connectivity index (χ0n) is 20.5. The second-order valence-corrected chi connectivity index (χ2v) is 9.29. The van der Waals surface area contributed by atoms with Crippen LogP contribution >= 0.6 is 11.8 Å². The minimum Gasteiger partial charge on any atom is -0.492 e. The van der Waals surface area contributed by atoms with E-state index in [9.17, 15) is 19.7 Å². The SMILES string of the molecule is CCOc1ccccc1NC(=O)C(Sc1ccc(NC(=O)c2ccc([N+](=O)[O-])cc2)cc1)c1ccccc1. The molecule has 0 aliphatic carbocycles. The Labute approximate surface area is 224 Å². The van der Waals surface area contributed by atoms with Gasteiger partial charge in [-0.3, -0.25) is 19.7 Å². The largest absolute Gasteiger partial charge is 0.492 e. The zero-order valence-corrected chi connectivity index (χ0v) is 21.3. The Balaban J connectivity index is 1.48. The Kier molecular flexibility index (Phi) is 8.73. The topological polar surface area (TPSA) is 111 Å². The Morgan fingerprint density at radius 1 is 0.868 bits per heavy atom. The number of benzene rings is 4. The Morgan fingerprint density at radius 2 is 1.53 bits per heavy atom. The lowest BCUT2D eigenvalue weighted by Crippen LogP contribution is -2.19. The molecule has 0 spiro atoms. The molecule has 1 atom stereocenters. The van der Waals surface area contributed by atoms with E-state index in [1.165, 1.54) is 36.0 Å². The smallest absolute Gasteiger partial charge is 0.269 e. The van der Waals surface area contributed by atoms with Gasteiger partial charge in [-0.25, -0.2) is 0 Å². The van der Waals surface area contributed by atoms with Crippen molar-refractivity contribution >= 4 is 40.6 Å². The number of hydrogen-bond donors (Lipinski definition) is 2. The van der Waals surface area contributed by atoms with Gasteiger partial charge in [0.15, 0.2) is 0 Å². The highest BCUT2D eigenvalue weighted by Crippen LogP contribution is 2.37. The van der Waals surface area contributed by atoms with Gasteiger partial charge in [0.25, 0.3) is 11.6 Å². The maximum Gasteiger partial charge on any atom is 0.269 e. The number of thioether (sulfide) groups is 1. The number of nitro groups is 1. The van der Waals surface area contributed by atoms with Crippen molar-refractivity contribution in [1.82, 2.24) is 0 Å². The Morgan fingerprint density at radius 3 is 2.18 bits per heavy atom. The van der Waals surface area contributed by atoms with Crippen molar-refractivity contribution in [2.75, 3.05) is 17.2 Å². The predicted molar refractivity (Wildman–Crippen MR) is 149 cm³/mol. The fourth-order valence-corrected chi connectivity index (χ4v) is 4.67. The number of para-hydroxylation sites is 2. The number of rotatable bonds is 10. The lowest BCUT2D eigenvalue weighted by Gasteiger charge is -2.18. The third-order valence-electron chi connectivity index (χ3n) is 5.49. The molecule has 0 bridgehead atoms. The highest BCUT2D eigenvalue weighted by Gasteiger charge is 2.23. The van der Waals surface area contributed by atoms with E-state index >= 15 is 0 Å². The number of amides is 2. The summed E-state index contributed by atoms with van der Waals surface area (Å²) in [5, 5.41) is 16.1. The van der Waals surface area contributed by atoms with E-state index in [2.05, 4.69) is 10.6 Å². The summed E-state index contributed by atoms with van der Waals surface area (Å²) in [5.74, 6) is 0.0342. The van der Waals surface area contributed by atoms with Crippen LogP contribution in [0.3, 0.4) is 0 Å². The number of nitrogens with one attached hydrogen (secondary N) is 2. The van der Waals surface area contributed by atoms with Crippen molar-refractivity contribution < 1.29 is 19.2 Å². The molecule has 4 aromatic rings. The molecule has 8 nitrogen and oxygen atoms in total. The molecule has 2 N–H and O–H groups in total. The summed E-state index contributed by atoms with van der Waals surface area (Å²) in [7, 11) is 0. The molecule has 4 rings (SSSR count). The van der Waals surface area contributed by atoms with Crippen LogP contribution in [0.15, 0.2) is 108 Å². The number of non-ortho nitro benzene ring substituents is 1. The number of ether oxygens (including phenoxy) is 1. The van der Waals surface area contributed by atoms with Crippen LogP contribution in [0.1, 0.15) is 28.1 Å². The first kappa shape index (κ1) is 26.4. The van der Waals surface area contributed by atoms with Crippen LogP contribution in [0.25, 0.3) is 0 Å². The number of carbonyl (C=O) groups excluding carboxylic acids is 2. The fourth-order valence-electron chi connectivity index (χ4n) is 3.64. The van der Waals surface area contributed by atoms with E-state index < -0.39 is 10.2 Å². The molecule has 38 heavy (non-hydrogen) atoms. The number of carbonyl (C=O) groups is 2. The third-order valence-corrected chi connectivity index (χ3v) is 6.76. The van der Waals surface area contributed by atoms with Gasteiger partial charge in [0.1, 0.15) is 11.0 Å². The normalized spacial score (nSPS) is 11.3. The van der Waals surface area contributed by atoms with Crippen LogP contribution in [-0.2, 0) is 4.79 Å². The molecule has 9 heteroatoms. The first-order valence-corrected chi connectivity index (χ1v) is 12.7. The summed E-state index contributed by atoms with van der Waals surface area (Å²) in [4.78, 5) is 37.1. The number of anilines is 2. The summed E-state index contributed by atoms with van der Waals surface area (Å²) in [6, 6.07) is 29.3. The molecule has 0 aliphatic rings. The summed E-state index contributed by atoms with van der Waals surface area (Å²) in [5.41, 5.74) is 2.23. The second-order valence-electron chi connectivity index (χ2n) is 8.11. The van der Waals surface area contributed by atoms with E-state index in [-0.39, 0.29) is 17.5 Å². The quantitative estimate of drug-likeness (QED) is 0.135. The molecule has 1 unspecified atom stereocenters. The molecular weight excluding hydrogens is 502 g/mol. The second kappa shape index (κ2) is 12.6. The molecule has 0 heterocycles. The van der Waals surface area contributed by atoms with Gasteiger partial charge < -0.3 is 15.4 Å². The van der Waals surface area contributed by atoms with Crippen molar-refractivity contribution in [3.63, 3.8) is 0 Å². The van der Waals surface area contributed by atoms with E-state index in [0.717, 1.165) is 10.5 Å². The van der Waals surface area contributed by atoms with E-state index in [0.29, 0.717) is 29.3 Å².